The normalized spacial score (nSPS) is 19.2. The van der Waals surface area contributed by atoms with Gasteiger partial charge in [-0.05, 0) is 31.5 Å². The number of anilines is 1. The zero-order valence-corrected chi connectivity index (χ0v) is 14.3. The van der Waals surface area contributed by atoms with Crippen molar-refractivity contribution in [2.45, 2.75) is 31.8 Å². The fourth-order valence-corrected chi connectivity index (χ4v) is 3.22. The van der Waals surface area contributed by atoms with Gasteiger partial charge in [-0.25, -0.2) is 0 Å². The number of aromatic amines is 1. The van der Waals surface area contributed by atoms with E-state index < -0.39 is 28.3 Å². The average Bonchev–Trinajstić information content (AvgIpc) is 2.90. The first kappa shape index (κ1) is 17.5. The van der Waals surface area contributed by atoms with Crippen molar-refractivity contribution in [3.05, 3.63) is 49.8 Å². The van der Waals surface area contributed by atoms with Crippen LogP contribution in [0.15, 0.2) is 23.0 Å². The van der Waals surface area contributed by atoms with Crippen LogP contribution >= 0.6 is 0 Å². The molecule has 0 fully saturated rings. The Morgan fingerprint density at radius 3 is 2.62 bits per heavy atom. The summed E-state index contributed by atoms with van der Waals surface area (Å²) in [5, 5.41) is 26.4. The lowest BCUT2D eigenvalue weighted by Gasteiger charge is -2.26. The summed E-state index contributed by atoms with van der Waals surface area (Å²) in [6, 6.07) is 2.29. The molecule has 0 spiro atoms. The monoisotopic (exact) mass is 362 g/mol. The molecular weight excluding hydrogens is 344 g/mol. The van der Waals surface area contributed by atoms with Crippen LogP contribution in [0.2, 0.25) is 0 Å². The van der Waals surface area contributed by atoms with E-state index in [-0.39, 0.29) is 28.9 Å². The van der Waals surface area contributed by atoms with Gasteiger partial charge in [0.15, 0.2) is 11.5 Å². The van der Waals surface area contributed by atoms with Crippen LogP contribution in [0.3, 0.4) is 0 Å². The molecule has 0 bridgehead atoms. The second-order valence-corrected chi connectivity index (χ2v) is 6.30. The summed E-state index contributed by atoms with van der Waals surface area (Å²) in [5.74, 6) is -1.77. The number of rotatable bonds is 4. The summed E-state index contributed by atoms with van der Waals surface area (Å²) >= 11 is 0. The zero-order chi connectivity index (χ0) is 19.2. The minimum atomic E-state index is -1.68. The Balaban J connectivity index is 2.29. The predicted octanol–water partition coefficient (Wildman–Crippen LogP) is 1.20. The van der Waals surface area contributed by atoms with Gasteiger partial charge in [-0.15, -0.1) is 0 Å². The van der Waals surface area contributed by atoms with Crippen molar-refractivity contribution in [3.63, 3.8) is 0 Å². The number of hydrogen-bond acceptors (Lipinski definition) is 6. The average molecular weight is 362 g/mol. The highest BCUT2D eigenvalue weighted by Gasteiger charge is 2.48. The van der Waals surface area contributed by atoms with Gasteiger partial charge < -0.3 is 15.2 Å². The molecule has 1 aromatic carbocycles. The summed E-state index contributed by atoms with van der Waals surface area (Å²) in [7, 11) is 1.34. The maximum atomic E-state index is 12.5. The first-order valence-electron chi connectivity index (χ1n) is 7.92. The van der Waals surface area contributed by atoms with E-state index in [1.54, 1.807) is 13.8 Å². The highest BCUT2D eigenvalue weighted by atomic mass is 16.6. The number of benzene rings is 1. The van der Waals surface area contributed by atoms with E-state index in [4.69, 9.17) is 4.74 Å². The number of phenols is 1. The highest BCUT2D eigenvalue weighted by Crippen LogP contribution is 2.40. The molecule has 2 atom stereocenters. The Kier molecular flexibility index (Phi) is 4.18. The molecule has 2 heterocycles. The minimum Gasteiger partial charge on any atom is -0.504 e. The molecular formula is C16H18N4O6. The number of hydrogen-bond donors (Lipinski definition) is 3. The molecule has 3 N–H and O–H groups in total. The Labute approximate surface area is 147 Å². The van der Waals surface area contributed by atoms with E-state index in [2.05, 4.69) is 10.4 Å². The van der Waals surface area contributed by atoms with Crippen LogP contribution in [0.1, 0.15) is 36.9 Å². The molecule has 1 aliphatic heterocycles. The van der Waals surface area contributed by atoms with Crippen LogP contribution < -0.4 is 15.6 Å². The van der Waals surface area contributed by atoms with E-state index in [9.17, 15) is 24.8 Å². The molecule has 0 aliphatic carbocycles. The van der Waals surface area contributed by atoms with Crippen LogP contribution in [0, 0.1) is 10.1 Å². The summed E-state index contributed by atoms with van der Waals surface area (Å²) < 4.78 is 6.52. The van der Waals surface area contributed by atoms with E-state index in [1.807, 2.05) is 0 Å². The van der Waals surface area contributed by atoms with Crippen molar-refractivity contribution < 1.29 is 19.6 Å². The number of aromatic nitrogens is 2. The third kappa shape index (κ3) is 2.59. The molecule has 10 heteroatoms. The number of H-pyrrole nitrogens is 1. The maximum Gasteiger partial charge on any atom is 0.301 e. The molecule has 26 heavy (non-hydrogen) atoms. The van der Waals surface area contributed by atoms with Gasteiger partial charge in [0.1, 0.15) is 5.82 Å². The van der Waals surface area contributed by atoms with E-state index in [1.165, 1.54) is 30.0 Å². The summed E-state index contributed by atoms with van der Waals surface area (Å²) in [6.07, 6.45) is 0. The van der Waals surface area contributed by atoms with Crippen molar-refractivity contribution in [1.82, 2.24) is 9.78 Å². The number of nitro groups is 1. The van der Waals surface area contributed by atoms with Gasteiger partial charge in [-0.1, -0.05) is 6.07 Å². The second kappa shape index (κ2) is 6.21. The van der Waals surface area contributed by atoms with E-state index in [0.29, 0.717) is 5.56 Å². The lowest BCUT2D eigenvalue weighted by molar-refractivity contribution is -0.509. The molecule has 10 nitrogen and oxygen atoms in total. The third-order valence-electron chi connectivity index (χ3n) is 4.41. The topological polar surface area (TPSA) is 139 Å². The van der Waals surface area contributed by atoms with Gasteiger partial charge in [0, 0.05) is 11.0 Å². The van der Waals surface area contributed by atoms with E-state index in [0.717, 1.165) is 0 Å². The van der Waals surface area contributed by atoms with E-state index >= 15 is 0 Å². The van der Waals surface area contributed by atoms with Crippen molar-refractivity contribution in [2.24, 2.45) is 0 Å². The maximum absolute atomic E-state index is 12.5. The van der Waals surface area contributed by atoms with Crippen molar-refractivity contribution in [1.29, 1.82) is 0 Å². The molecule has 3 rings (SSSR count). The SMILES string of the molecule is COc1cc([C@@H]2c3c(n(C(C)C)[nH]c3=O)NC(=O)[C@H]2[N+](=O)[O-])ccc1O. The fraction of sp³-hybridized carbons (Fsp3) is 0.375. The summed E-state index contributed by atoms with van der Waals surface area (Å²) in [6.45, 7) is 3.61. The molecule has 0 radical (unpaired) electrons. The van der Waals surface area contributed by atoms with Crippen LogP contribution in [0.25, 0.3) is 0 Å². The number of carbonyl (C=O) groups is 1. The van der Waals surface area contributed by atoms with Gasteiger partial charge in [0.25, 0.3) is 5.56 Å². The molecule has 1 aliphatic rings. The molecule has 0 saturated heterocycles. The van der Waals surface area contributed by atoms with Crippen LogP contribution in [-0.2, 0) is 4.79 Å². The highest BCUT2D eigenvalue weighted by molar-refractivity contribution is 5.98. The zero-order valence-electron chi connectivity index (χ0n) is 14.3. The van der Waals surface area contributed by atoms with Gasteiger partial charge in [0.2, 0.25) is 0 Å². The second-order valence-electron chi connectivity index (χ2n) is 6.30. The Hall–Kier alpha value is -3.30. The summed E-state index contributed by atoms with van der Waals surface area (Å²) in [5.41, 5.74) is -0.0882. The Morgan fingerprint density at radius 1 is 1.35 bits per heavy atom. The Bertz CT molecular complexity index is 945. The van der Waals surface area contributed by atoms with Crippen molar-refractivity contribution >= 4 is 11.7 Å². The number of phenolic OH excluding ortho intramolecular Hbond substituents is 1. The number of nitrogens with one attached hydrogen (secondary N) is 2. The smallest absolute Gasteiger partial charge is 0.301 e. The molecule has 1 amide bonds. The molecule has 0 unspecified atom stereocenters. The molecule has 2 aromatic rings. The number of ether oxygens (including phenoxy) is 1. The van der Waals surface area contributed by atoms with Gasteiger partial charge >= 0.3 is 11.9 Å². The number of carbonyl (C=O) groups excluding carboxylic acids is 1. The lowest BCUT2D eigenvalue weighted by atomic mass is 9.83. The molecule has 0 saturated carbocycles. The summed E-state index contributed by atoms with van der Waals surface area (Å²) in [4.78, 5) is 35.8. The quantitative estimate of drug-likeness (QED) is 0.551. The lowest BCUT2D eigenvalue weighted by Crippen LogP contribution is -2.45. The number of fused-ring (bicyclic) bond motifs is 1. The number of methoxy groups -OCH3 is 1. The third-order valence-corrected chi connectivity index (χ3v) is 4.41. The minimum absolute atomic E-state index is 0.0943. The van der Waals surface area contributed by atoms with Crippen LogP contribution in [-0.4, -0.2) is 38.9 Å². The first-order chi connectivity index (χ1) is 12.3. The number of aromatic hydroxyl groups is 1. The number of nitrogens with zero attached hydrogens (tertiary/aromatic N) is 2. The van der Waals surface area contributed by atoms with Crippen molar-refractivity contribution in [2.75, 3.05) is 12.4 Å². The standard InChI is InChI=1S/C16H18N4O6/c1-7(2)19-14-12(15(22)18-19)11(13(20(24)25)16(23)17-14)8-4-5-9(21)10(6-8)26-3/h4-7,11,13,21H,1-3H3,(H,17,23)(H,18,22)/t11-,13+/m1/s1. The number of amides is 1. The molecule has 138 valence electrons. The van der Waals surface area contributed by atoms with Crippen LogP contribution in [0.5, 0.6) is 11.5 Å². The fourth-order valence-electron chi connectivity index (χ4n) is 3.22. The van der Waals surface area contributed by atoms with Crippen molar-refractivity contribution in [3.8, 4) is 11.5 Å². The Morgan fingerprint density at radius 2 is 2.04 bits per heavy atom. The van der Waals surface area contributed by atoms with Crippen LogP contribution in [0.4, 0.5) is 5.82 Å². The van der Waals surface area contributed by atoms with Gasteiger partial charge in [-0.2, -0.15) is 0 Å². The predicted molar refractivity (Wildman–Crippen MR) is 91.4 cm³/mol. The van der Waals surface area contributed by atoms with Gasteiger partial charge in [-0.3, -0.25) is 29.5 Å². The first-order valence-corrected chi connectivity index (χ1v) is 7.92. The van der Waals surface area contributed by atoms with Gasteiger partial charge in [0.05, 0.1) is 18.6 Å². The largest absolute Gasteiger partial charge is 0.504 e. The molecule has 1 aromatic heterocycles.